The van der Waals surface area contributed by atoms with Crippen LogP contribution in [0.2, 0.25) is 0 Å². The average molecular weight is 545 g/mol. The first-order chi connectivity index (χ1) is 19.1. The van der Waals surface area contributed by atoms with E-state index in [4.69, 9.17) is 18.9 Å². The number of Topliss-reactive ketones (excluding diaryl/α,β-unsaturated/α-hetero) is 2. The number of phenols is 2. The van der Waals surface area contributed by atoms with Gasteiger partial charge in [0, 0.05) is 12.2 Å². The highest BCUT2D eigenvalue weighted by Crippen LogP contribution is 2.38. The summed E-state index contributed by atoms with van der Waals surface area (Å²) in [7, 11) is 0. The molecular formula is C30H24O10. The lowest BCUT2D eigenvalue weighted by Gasteiger charge is -2.23. The molecule has 0 amide bonds. The number of allylic oxidation sites excluding steroid dienone is 2. The fraction of sp³-hybridized carbons (Fsp3) is 0.200. The van der Waals surface area contributed by atoms with E-state index in [2.05, 4.69) is 0 Å². The van der Waals surface area contributed by atoms with Crippen LogP contribution in [0.15, 0.2) is 84.4 Å². The lowest BCUT2D eigenvalue weighted by Crippen LogP contribution is -2.27. The van der Waals surface area contributed by atoms with Gasteiger partial charge in [-0.1, -0.05) is 24.3 Å². The van der Waals surface area contributed by atoms with E-state index in [1.54, 1.807) is 0 Å². The summed E-state index contributed by atoms with van der Waals surface area (Å²) in [6.45, 7) is 3.64. The molecule has 2 fully saturated rings. The third-order valence-electron chi connectivity index (χ3n) is 6.40. The van der Waals surface area contributed by atoms with Gasteiger partial charge in [0.1, 0.15) is 23.7 Å². The Balaban J connectivity index is 1.58. The highest BCUT2D eigenvalue weighted by atomic mass is 16.6. The summed E-state index contributed by atoms with van der Waals surface area (Å²) in [5, 5.41) is 19.5. The minimum absolute atomic E-state index is 0.0567. The first-order valence-electron chi connectivity index (χ1n) is 12.4. The first-order valence-corrected chi connectivity index (χ1v) is 12.4. The van der Waals surface area contributed by atoms with E-state index in [0.717, 1.165) is 12.2 Å². The van der Waals surface area contributed by atoms with Crippen LogP contribution >= 0.6 is 0 Å². The van der Waals surface area contributed by atoms with Gasteiger partial charge >= 0.3 is 11.9 Å². The van der Waals surface area contributed by atoms with Crippen molar-refractivity contribution >= 4 is 34.7 Å². The summed E-state index contributed by atoms with van der Waals surface area (Å²) in [5.41, 5.74) is -0.403. The third-order valence-corrected chi connectivity index (χ3v) is 6.40. The van der Waals surface area contributed by atoms with Gasteiger partial charge in [0.05, 0.1) is 23.4 Å². The number of hydrogen-bond donors (Lipinski definition) is 2. The number of carbonyl (C=O) groups is 4. The van der Waals surface area contributed by atoms with Crippen LogP contribution in [0.5, 0.6) is 11.5 Å². The zero-order valence-corrected chi connectivity index (χ0v) is 21.4. The Kier molecular flexibility index (Phi) is 7.20. The molecule has 0 radical (unpaired) electrons. The van der Waals surface area contributed by atoms with Crippen LogP contribution in [0.25, 0.3) is 11.1 Å². The van der Waals surface area contributed by atoms with E-state index in [0.29, 0.717) is 0 Å². The molecule has 10 heteroatoms. The molecule has 40 heavy (non-hydrogen) atoms. The molecule has 2 aliphatic heterocycles. The van der Waals surface area contributed by atoms with Crippen molar-refractivity contribution < 1.29 is 48.3 Å². The van der Waals surface area contributed by atoms with Gasteiger partial charge < -0.3 is 29.2 Å². The molecule has 0 spiro atoms. The van der Waals surface area contributed by atoms with Crippen molar-refractivity contribution in [3.05, 3.63) is 95.5 Å². The van der Waals surface area contributed by atoms with Crippen molar-refractivity contribution in [2.75, 3.05) is 0 Å². The maximum Gasteiger partial charge on any atom is 0.336 e. The largest absolute Gasteiger partial charge is 0.508 e. The Hall–Kier alpha value is -4.80. The molecule has 0 saturated carbocycles. The molecule has 10 nitrogen and oxygen atoms in total. The number of esters is 2. The van der Waals surface area contributed by atoms with Crippen LogP contribution < -0.4 is 0 Å². The van der Waals surface area contributed by atoms with E-state index >= 15 is 0 Å². The monoisotopic (exact) mass is 544 g/mol. The number of epoxide rings is 2. The standard InChI is InChI=1S/C30H24O10/c1-15-21(37-15)11-13-23(33)39-29-25(17-3-7-19(31)8-4-17)28(36)30(40-24(34)14-12-22-16(2)38-22)26(27(29)35)18-5-9-20(32)10-6-18/h3-16,21-22,31-32H,1-2H3/t15-,16-,21-,22-/m0/s1. The third kappa shape index (κ3) is 5.78. The van der Waals surface area contributed by atoms with Gasteiger partial charge in [0.15, 0.2) is 11.5 Å². The first kappa shape index (κ1) is 26.8. The second kappa shape index (κ2) is 10.8. The lowest BCUT2D eigenvalue weighted by atomic mass is 9.86. The Bertz CT molecular complexity index is 1390. The molecule has 2 saturated heterocycles. The Morgan fingerprint density at radius 2 is 1.00 bits per heavy atom. The summed E-state index contributed by atoms with van der Waals surface area (Å²) in [6.07, 6.45) is 4.50. The molecule has 2 aromatic carbocycles. The van der Waals surface area contributed by atoms with Crippen molar-refractivity contribution in [1.82, 2.24) is 0 Å². The number of ketones is 2. The van der Waals surface area contributed by atoms with Crippen molar-refractivity contribution in [1.29, 1.82) is 0 Å². The lowest BCUT2D eigenvalue weighted by molar-refractivity contribution is -0.138. The average Bonchev–Trinajstić information content (AvgIpc) is 3.83. The van der Waals surface area contributed by atoms with Gasteiger partial charge in [0.25, 0.3) is 0 Å². The molecular weight excluding hydrogens is 520 g/mol. The van der Waals surface area contributed by atoms with E-state index in [1.807, 2.05) is 13.8 Å². The summed E-state index contributed by atoms with van der Waals surface area (Å²) in [6, 6.07) is 10.6. The molecule has 2 heterocycles. The fourth-order valence-corrected chi connectivity index (χ4v) is 4.06. The minimum atomic E-state index is -0.929. The van der Waals surface area contributed by atoms with E-state index in [1.165, 1.54) is 60.7 Å². The molecule has 204 valence electrons. The summed E-state index contributed by atoms with van der Waals surface area (Å²) >= 11 is 0. The number of carbonyl (C=O) groups excluding carboxylic acids is 4. The second-order valence-electron chi connectivity index (χ2n) is 9.33. The van der Waals surface area contributed by atoms with Crippen LogP contribution in [0, 0.1) is 0 Å². The van der Waals surface area contributed by atoms with Gasteiger partial charge in [-0.2, -0.15) is 0 Å². The van der Waals surface area contributed by atoms with Gasteiger partial charge in [0.2, 0.25) is 11.6 Å². The molecule has 0 unspecified atom stereocenters. The Labute approximate surface area is 228 Å². The van der Waals surface area contributed by atoms with Crippen LogP contribution in [-0.2, 0) is 38.1 Å². The number of ether oxygens (including phenoxy) is 4. The van der Waals surface area contributed by atoms with Crippen LogP contribution in [0.1, 0.15) is 25.0 Å². The van der Waals surface area contributed by atoms with Crippen LogP contribution in [0.3, 0.4) is 0 Å². The number of aromatic hydroxyl groups is 2. The van der Waals surface area contributed by atoms with Crippen molar-refractivity contribution in [3.63, 3.8) is 0 Å². The molecule has 2 aromatic rings. The van der Waals surface area contributed by atoms with Gasteiger partial charge in [-0.15, -0.1) is 0 Å². The Morgan fingerprint density at radius 3 is 1.30 bits per heavy atom. The zero-order chi connectivity index (χ0) is 28.6. The van der Waals surface area contributed by atoms with Crippen molar-refractivity contribution in [3.8, 4) is 11.5 Å². The summed E-state index contributed by atoms with van der Waals surface area (Å²) in [4.78, 5) is 53.3. The molecule has 0 bridgehead atoms. The van der Waals surface area contributed by atoms with E-state index in [-0.39, 0.29) is 58.2 Å². The Morgan fingerprint density at radius 1 is 0.675 bits per heavy atom. The predicted molar refractivity (Wildman–Crippen MR) is 139 cm³/mol. The maximum absolute atomic E-state index is 13.9. The van der Waals surface area contributed by atoms with Crippen molar-refractivity contribution in [2.24, 2.45) is 0 Å². The summed E-state index contributed by atoms with van der Waals surface area (Å²) < 4.78 is 21.3. The summed E-state index contributed by atoms with van der Waals surface area (Å²) in [5.74, 6) is -5.05. The minimum Gasteiger partial charge on any atom is -0.508 e. The fourth-order valence-electron chi connectivity index (χ4n) is 4.06. The SMILES string of the molecule is C[C@@H]1O[C@H]1C=CC(=O)OC1=C(c2ccc(O)cc2)C(=O)C(OC(=O)C=C[C@@H]2O[C@H]2C)=C(c2ccc(O)cc2)C1=O. The normalized spacial score (nSPS) is 24.1. The predicted octanol–water partition coefficient (Wildman–Crippen LogP) is 3.15. The topological polar surface area (TPSA) is 152 Å². The zero-order valence-electron chi connectivity index (χ0n) is 21.4. The smallest absolute Gasteiger partial charge is 0.336 e. The van der Waals surface area contributed by atoms with Gasteiger partial charge in [-0.3, -0.25) is 9.59 Å². The second-order valence-corrected chi connectivity index (χ2v) is 9.33. The molecule has 2 N–H and O–H groups in total. The maximum atomic E-state index is 13.9. The molecule has 5 rings (SSSR count). The molecule has 0 aromatic heterocycles. The highest BCUT2D eigenvalue weighted by Gasteiger charge is 2.41. The number of phenolic OH excluding ortho intramolecular Hbond substituents is 2. The molecule has 4 atom stereocenters. The van der Waals surface area contributed by atoms with Gasteiger partial charge in [-0.25, -0.2) is 9.59 Å². The van der Waals surface area contributed by atoms with E-state index in [9.17, 15) is 29.4 Å². The van der Waals surface area contributed by atoms with Crippen molar-refractivity contribution in [2.45, 2.75) is 38.3 Å². The number of benzene rings is 2. The van der Waals surface area contributed by atoms with Crippen LogP contribution in [-0.4, -0.2) is 58.1 Å². The molecule has 3 aliphatic rings. The van der Waals surface area contributed by atoms with Gasteiger partial charge in [-0.05, 0) is 61.4 Å². The van der Waals surface area contributed by atoms with Crippen LogP contribution in [0.4, 0.5) is 0 Å². The quantitative estimate of drug-likeness (QED) is 0.219. The highest BCUT2D eigenvalue weighted by molar-refractivity contribution is 6.47. The van der Waals surface area contributed by atoms with E-state index < -0.39 is 35.0 Å². The number of rotatable bonds is 8. The molecule has 1 aliphatic carbocycles. The number of hydrogen-bond acceptors (Lipinski definition) is 10.